The highest BCUT2D eigenvalue weighted by Crippen LogP contribution is 2.59. The first-order valence-corrected chi connectivity index (χ1v) is 13.4. The fourth-order valence-corrected chi connectivity index (χ4v) is 6.56. The molecule has 4 atom stereocenters. The van der Waals surface area contributed by atoms with Gasteiger partial charge in [-0.25, -0.2) is 0 Å². The minimum atomic E-state index is -1.41. The van der Waals surface area contributed by atoms with Crippen molar-refractivity contribution in [2.45, 2.75) is 63.5 Å². The third kappa shape index (κ3) is 3.97. The van der Waals surface area contributed by atoms with E-state index < -0.39 is 11.5 Å². The highest BCUT2D eigenvalue weighted by Gasteiger charge is 2.69. The molecule has 0 aromatic heterocycles. The number of nitrogens with one attached hydrogen (secondary N) is 1. The maximum atomic E-state index is 14.5. The van der Waals surface area contributed by atoms with Crippen LogP contribution < -0.4 is 5.32 Å². The fourth-order valence-electron chi connectivity index (χ4n) is 6.56. The van der Waals surface area contributed by atoms with Crippen LogP contribution in [-0.4, -0.2) is 28.5 Å². The summed E-state index contributed by atoms with van der Waals surface area (Å²) >= 11 is 0. The predicted molar refractivity (Wildman–Crippen MR) is 145 cm³/mol. The summed E-state index contributed by atoms with van der Waals surface area (Å²) in [6, 6.07) is 26.4. The first-order valence-electron chi connectivity index (χ1n) is 13.4. The minimum absolute atomic E-state index is 0.0588. The molecule has 0 aliphatic carbocycles. The molecule has 1 saturated heterocycles. The van der Waals surface area contributed by atoms with Crippen LogP contribution in [0.15, 0.2) is 84.9 Å². The number of ketones is 1. The smallest absolute Gasteiger partial charge is 0.255 e. The van der Waals surface area contributed by atoms with Gasteiger partial charge in [-0.05, 0) is 24.5 Å². The molecule has 4 unspecified atom stereocenters. The van der Waals surface area contributed by atoms with Crippen LogP contribution in [0.4, 0.5) is 5.69 Å². The highest BCUT2D eigenvalue weighted by molar-refractivity contribution is 6.14. The lowest BCUT2D eigenvalue weighted by molar-refractivity contribution is -0.146. The van der Waals surface area contributed by atoms with Crippen molar-refractivity contribution in [2.75, 3.05) is 5.32 Å². The van der Waals surface area contributed by atoms with E-state index in [1.165, 1.54) is 0 Å². The van der Waals surface area contributed by atoms with Crippen LogP contribution in [0.25, 0.3) is 0 Å². The number of carbonyl (C=O) groups excluding carboxylic acids is 3. The van der Waals surface area contributed by atoms with Crippen molar-refractivity contribution in [3.05, 3.63) is 102 Å². The molecule has 1 N–H and O–H groups in total. The van der Waals surface area contributed by atoms with E-state index >= 15 is 0 Å². The second-order valence-corrected chi connectivity index (χ2v) is 10.1. The minimum Gasteiger partial charge on any atom is -0.323 e. The lowest BCUT2D eigenvalue weighted by Crippen LogP contribution is -2.56. The van der Waals surface area contributed by atoms with Gasteiger partial charge in [0.1, 0.15) is 0 Å². The van der Waals surface area contributed by atoms with Gasteiger partial charge in [-0.15, -0.1) is 0 Å². The average Bonchev–Trinajstić information content (AvgIpc) is 3.41. The van der Waals surface area contributed by atoms with Gasteiger partial charge in [0, 0.05) is 35.2 Å². The number of anilines is 1. The van der Waals surface area contributed by atoms with Gasteiger partial charge in [-0.3, -0.25) is 14.4 Å². The Balaban J connectivity index is 1.78. The number of carbonyl (C=O) groups is 3. The first-order chi connectivity index (χ1) is 18.1. The number of amides is 2. The monoisotopic (exact) mass is 494 g/mol. The Labute approximate surface area is 218 Å². The molecule has 2 aliphatic heterocycles. The lowest BCUT2D eigenvalue weighted by Gasteiger charge is -2.39. The molecule has 2 aliphatic rings. The summed E-state index contributed by atoms with van der Waals surface area (Å²) in [5.74, 6) is -1.55. The number of hydrogen-bond donors (Lipinski definition) is 1. The summed E-state index contributed by atoms with van der Waals surface area (Å²) in [4.78, 5) is 44.7. The summed E-state index contributed by atoms with van der Waals surface area (Å²) in [6.07, 6.45) is 3.69. The van der Waals surface area contributed by atoms with Crippen LogP contribution in [0, 0.1) is 5.92 Å². The second kappa shape index (κ2) is 10.3. The molecule has 5 heteroatoms. The predicted octanol–water partition coefficient (Wildman–Crippen LogP) is 6.32. The number of para-hydroxylation sites is 1. The third-order valence-corrected chi connectivity index (χ3v) is 8.07. The standard InChI is InChI=1S/C32H34N2O3/c1-3-5-8-21-27(35)34-26(4-2)28(22-15-9-6-10-16-22)29(30(36)23-17-11-7-12-18-23)32(34)24-19-13-14-20-25(24)33-31(32)37/h6-7,9-20,26,28-29H,3-5,8,21H2,1-2H3,(H,33,37). The molecule has 0 saturated carbocycles. The summed E-state index contributed by atoms with van der Waals surface area (Å²) < 4.78 is 0. The largest absolute Gasteiger partial charge is 0.323 e. The first kappa shape index (κ1) is 24.9. The van der Waals surface area contributed by atoms with Crippen molar-refractivity contribution in [1.82, 2.24) is 4.90 Å². The molecule has 5 nitrogen and oxygen atoms in total. The molecule has 2 heterocycles. The fraction of sp³-hybridized carbons (Fsp3) is 0.344. The van der Waals surface area contributed by atoms with Crippen molar-refractivity contribution in [1.29, 1.82) is 0 Å². The molecule has 0 bridgehead atoms. The molecule has 37 heavy (non-hydrogen) atoms. The number of unbranched alkanes of at least 4 members (excludes halogenated alkanes) is 2. The molecular formula is C32H34N2O3. The van der Waals surface area contributed by atoms with Gasteiger partial charge in [0.25, 0.3) is 5.91 Å². The van der Waals surface area contributed by atoms with Gasteiger partial charge < -0.3 is 10.2 Å². The number of rotatable bonds is 8. The zero-order valence-electron chi connectivity index (χ0n) is 21.5. The molecular weight excluding hydrogens is 460 g/mol. The van der Waals surface area contributed by atoms with E-state index in [9.17, 15) is 14.4 Å². The normalized spacial score (nSPS) is 24.2. The molecule has 1 spiro atoms. The zero-order chi connectivity index (χ0) is 26.0. The second-order valence-electron chi connectivity index (χ2n) is 10.1. The van der Waals surface area contributed by atoms with E-state index in [2.05, 4.69) is 19.2 Å². The summed E-state index contributed by atoms with van der Waals surface area (Å²) in [7, 11) is 0. The molecule has 3 aromatic carbocycles. The summed E-state index contributed by atoms with van der Waals surface area (Å²) in [5.41, 5.74) is 1.51. The van der Waals surface area contributed by atoms with Crippen molar-refractivity contribution < 1.29 is 14.4 Å². The molecule has 5 rings (SSSR count). The van der Waals surface area contributed by atoms with Crippen molar-refractivity contribution in [2.24, 2.45) is 5.92 Å². The number of fused-ring (bicyclic) bond motifs is 2. The van der Waals surface area contributed by atoms with E-state index in [0.29, 0.717) is 24.1 Å². The van der Waals surface area contributed by atoms with E-state index in [0.717, 1.165) is 30.4 Å². The Morgan fingerprint density at radius 2 is 1.51 bits per heavy atom. The van der Waals surface area contributed by atoms with Gasteiger partial charge in [-0.1, -0.05) is 106 Å². The zero-order valence-corrected chi connectivity index (χ0v) is 21.5. The number of benzene rings is 3. The van der Waals surface area contributed by atoms with E-state index in [1.54, 1.807) is 0 Å². The molecule has 3 aromatic rings. The van der Waals surface area contributed by atoms with Crippen LogP contribution >= 0.6 is 0 Å². The Bertz CT molecular complexity index is 1290. The summed E-state index contributed by atoms with van der Waals surface area (Å²) in [6.45, 7) is 4.16. The molecule has 2 amide bonds. The molecule has 1 fully saturated rings. The van der Waals surface area contributed by atoms with Gasteiger partial charge in [0.2, 0.25) is 5.91 Å². The van der Waals surface area contributed by atoms with Crippen LogP contribution in [0.1, 0.15) is 73.4 Å². The van der Waals surface area contributed by atoms with Gasteiger partial charge >= 0.3 is 0 Å². The quantitative estimate of drug-likeness (QED) is 0.294. The van der Waals surface area contributed by atoms with Crippen molar-refractivity contribution in [3.8, 4) is 0 Å². The number of hydrogen-bond acceptors (Lipinski definition) is 3. The molecule has 190 valence electrons. The van der Waals surface area contributed by atoms with Gasteiger partial charge in [-0.2, -0.15) is 0 Å². The maximum absolute atomic E-state index is 14.5. The number of Topliss-reactive ketones (excluding diaryl/α,β-unsaturated/α-hetero) is 1. The Morgan fingerprint density at radius 3 is 2.19 bits per heavy atom. The van der Waals surface area contributed by atoms with E-state index in [-0.39, 0.29) is 29.6 Å². The lowest BCUT2D eigenvalue weighted by atomic mass is 9.69. The van der Waals surface area contributed by atoms with Crippen LogP contribution in [0.2, 0.25) is 0 Å². The Kier molecular flexibility index (Phi) is 6.96. The Hall–Kier alpha value is -3.73. The number of likely N-dealkylation sites (tertiary alicyclic amines) is 1. The molecule has 0 radical (unpaired) electrons. The van der Waals surface area contributed by atoms with Gasteiger partial charge in [0.05, 0.1) is 5.92 Å². The van der Waals surface area contributed by atoms with Crippen LogP contribution in [0.5, 0.6) is 0 Å². The average molecular weight is 495 g/mol. The van der Waals surface area contributed by atoms with Crippen LogP contribution in [-0.2, 0) is 15.1 Å². The maximum Gasteiger partial charge on any atom is 0.255 e. The number of nitrogens with zero attached hydrogens (tertiary/aromatic N) is 1. The third-order valence-electron chi connectivity index (χ3n) is 8.07. The highest BCUT2D eigenvalue weighted by atomic mass is 16.2. The topological polar surface area (TPSA) is 66.5 Å². The van der Waals surface area contributed by atoms with Crippen molar-refractivity contribution >= 4 is 23.3 Å². The Morgan fingerprint density at radius 1 is 0.865 bits per heavy atom. The SMILES string of the molecule is CCCCCC(=O)N1C(CC)C(c2ccccc2)C(C(=O)c2ccccc2)C12C(=O)Nc1ccccc12. The van der Waals surface area contributed by atoms with Crippen molar-refractivity contribution in [3.63, 3.8) is 0 Å². The van der Waals surface area contributed by atoms with E-state index in [1.807, 2.05) is 89.8 Å². The van der Waals surface area contributed by atoms with Crippen LogP contribution in [0.3, 0.4) is 0 Å². The summed E-state index contributed by atoms with van der Waals surface area (Å²) in [5, 5.41) is 3.05. The van der Waals surface area contributed by atoms with Gasteiger partial charge in [0.15, 0.2) is 11.3 Å². The van der Waals surface area contributed by atoms with E-state index in [4.69, 9.17) is 0 Å².